The smallest absolute Gasteiger partial charge is 0.850 e. The zero-order valence-electron chi connectivity index (χ0n) is 13.7. The molecule has 2 aliphatic heterocycles. The molecule has 5 nitrogen and oxygen atoms in total. The molecule has 2 aliphatic rings. The molecule has 20 heavy (non-hydrogen) atoms. The van der Waals surface area contributed by atoms with Crippen molar-refractivity contribution in [2.45, 2.75) is 38.9 Å². The third-order valence-corrected chi connectivity index (χ3v) is 2.98. The summed E-state index contributed by atoms with van der Waals surface area (Å²) in [4.78, 5) is 2.52. The van der Waals surface area contributed by atoms with Gasteiger partial charge in [0.25, 0.3) is 0 Å². The molecule has 114 valence electrons. The Morgan fingerprint density at radius 1 is 1.15 bits per heavy atom. The van der Waals surface area contributed by atoms with Crippen molar-refractivity contribution in [2.24, 2.45) is 0 Å². The van der Waals surface area contributed by atoms with E-state index in [0.29, 0.717) is 6.10 Å². The van der Waals surface area contributed by atoms with Crippen LogP contribution in [0.1, 0.15) is 27.2 Å². The Labute approximate surface area is 146 Å². The summed E-state index contributed by atoms with van der Waals surface area (Å²) in [6.07, 6.45) is 1.62. The van der Waals surface area contributed by atoms with Crippen molar-refractivity contribution in [3.63, 3.8) is 0 Å². The molecule has 0 bridgehead atoms. The molecule has 0 aromatic heterocycles. The van der Waals surface area contributed by atoms with Crippen LogP contribution in [0.5, 0.6) is 0 Å². The maximum absolute atomic E-state index is 10.1. The summed E-state index contributed by atoms with van der Waals surface area (Å²) in [6.45, 7) is 13.7. The molecular weight excluding hydrogens is 265 g/mol. The third kappa shape index (κ3) is 12.5. The van der Waals surface area contributed by atoms with Crippen molar-refractivity contribution < 1.29 is 39.4 Å². The number of nitrogens with zero attached hydrogens (tertiary/aromatic N) is 1. The Balaban J connectivity index is 0.000000526. The average Bonchev–Trinajstić information content (AvgIpc) is 2.37. The Bertz CT molecular complexity index is 201. The van der Waals surface area contributed by atoms with Crippen molar-refractivity contribution in [2.75, 3.05) is 52.4 Å². The van der Waals surface area contributed by atoms with Crippen LogP contribution in [0.4, 0.5) is 0 Å². The van der Waals surface area contributed by atoms with Gasteiger partial charge in [0, 0.05) is 45.8 Å². The molecule has 2 N–H and O–H groups in total. The summed E-state index contributed by atoms with van der Waals surface area (Å²) in [6, 6.07) is 0. The van der Waals surface area contributed by atoms with E-state index in [2.05, 4.69) is 15.5 Å². The molecule has 6 heteroatoms. The van der Waals surface area contributed by atoms with Gasteiger partial charge in [-0.3, -0.25) is 0 Å². The topological polar surface area (TPSA) is 59.6 Å². The predicted molar refractivity (Wildman–Crippen MR) is 76.3 cm³/mol. The van der Waals surface area contributed by atoms with Gasteiger partial charge in [0.2, 0.25) is 0 Å². The van der Waals surface area contributed by atoms with Crippen LogP contribution >= 0.6 is 0 Å². The van der Waals surface area contributed by atoms with E-state index in [1.807, 2.05) is 0 Å². The van der Waals surface area contributed by atoms with Crippen LogP contribution < -0.4 is 45.3 Å². The summed E-state index contributed by atoms with van der Waals surface area (Å²) < 4.78 is 5.66. The first kappa shape index (κ1) is 20.8. The van der Waals surface area contributed by atoms with Gasteiger partial charge in [-0.1, -0.05) is 20.8 Å². The molecule has 2 saturated heterocycles. The van der Waals surface area contributed by atoms with Crippen molar-refractivity contribution >= 4 is 0 Å². The number of ether oxygens (including phenoxy) is 1. The summed E-state index contributed by atoms with van der Waals surface area (Å²) in [7, 11) is 0. The van der Waals surface area contributed by atoms with Crippen molar-refractivity contribution in [3.05, 3.63) is 0 Å². The number of hydrogen-bond acceptors (Lipinski definition) is 5. The summed E-state index contributed by atoms with van der Waals surface area (Å²) in [5.41, 5.74) is -0.750. The fraction of sp³-hybridized carbons (Fsp3) is 1.00. The van der Waals surface area contributed by atoms with Gasteiger partial charge in [-0.25, -0.2) is 0 Å². The van der Waals surface area contributed by atoms with Crippen molar-refractivity contribution in [1.82, 2.24) is 15.5 Å². The number of hydrogen-bond donors (Lipinski definition) is 2. The van der Waals surface area contributed by atoms with Crippen LogP contribution in [0, 0.1) is 0 Å². The standard InChI is InChI=1S/C10H21N3O.C4H9O.Na/c1(10-9-12-4-8-14-10)5-13-6-2-11-3-7-13;1-4(2,3)5;/h10-12H,1-9H2;1-3H3;/q;-1;+1. The van der Waals surface area contributed by atoms with E-state index in [0.717, 1.165) is 32.8 Å². The number of nitrogens with one attached hydrogen (secondary N) is 2. The van der Waals surface area contributed by atoms with Crippen LogP contribution in [-0.2, 0) is 4.74 Å². The van der Waals surface area contributed by atoms with Crippen LogP contribution in [0.15, 0.2) is 0 Å². The van der Waals surface area contributed by atoms with Gasteiger partial charge < -0.3 is 25.4 Å². The van der Waals surface area contributed by atoms with E-state index in [1.165, 1.54) is 26.1 Å². The molecule has 1 atom stereocenters. The monoisotopic (exact) mass is 295 g/mol. The van der Waals surface area contributed by atoms with Crippen molar-refractivity contribution in [1.29, 1.82) is 0 Å². The normalized spacial score (nSPS) is 24.3. The molecule has 0 saturated carbocycles. The van der Waals surface area contributed by atoms with Crippen LogP contribution in [0.3, 0.4) is 0 Å². The summed E-state index contributed by atoms with van der Waals surface area (Å²) in [5.74, 6) is 0. The van der Waals surface area contributed by atoms with Gasteiger partial charge in [-0.15, -0.1) is 5.60 Å². The van der Waals surface area contributed by atoms with Gasteiger partial charge in [-0.05, 0) is 6.42 Å². The molecule has 2 heterocycles. The van der Waals surface area contributed by atoms with E-state index in [9.17, 15) is 5.11 Å². The van der Waals surface area contributed by atoms with E-state index < -0.39 is 5.60 Å². The van der Waals surface area contributed by atoms with Gasteiger partial charge in [0.05, 0.1) is 12.7 Å². The maximum Gasteiger partial charge on any atom is 1.00 e. The fourth-order valence-corrected chi connectivity index (χ4v) is 2.07. The second kappa shape index (κ2) is 11.4. The Hall–Kier alpha value is 0.800. The average molecular weight is 295 g/mol. The number of morpholine rings is 1. The summed E-state index contributed by atoms with van der Waals surface area (Å²) >= 11 is 0. The molecule has 0 aliphatic carbocycles. The SMILES string of the molecule is C1CN(CCC2CNCCO2)CCN1.CC(C)(C)[O-].[Na+]. The zero-order valence-corrected chi connectivity index (χ0v) is 15.7. The summed E-state index contributed by atoms with van der Waals surface area (Å²) in [5, 5.41) is 16.8. The number of piperazine rings is 1. The first-order valence-electron chi connectivity index (χ1n) is 7.41. The molecule has 1 unspecified atom stereocenters. The zero-order chi connectivity index (χ0) is 14.1. The van der Waals surface area contributed by atoms with Crippen LogP contribution in [-0.4, -0.2) is 69.0 Å². The minimum Gasteiger partial charge on any atom is -0.850 e. The molecular formula is C14H30N3NaO2. The second-order valence-corrected chi connectivity index (χ2v) is 6.19. The van der Waals surface area contributed by atoms with Crippen molar-refractivity contribution in [3.8, 4) is 0 Å². The molecule has 0 aromatic rings. The first-order valence-corrected chi connectivity index (χ1v) is 7.41. The van der Waals surface area contributed by atoms with E-state index in [4.69, 9.17) is 4.74 Å². The van der Waals surface area contributed by atoms with E-state index in [-0.39, 0.29) is 29.6 Å². The quantitative estimate of drug-likeness (QED) is 0.527. The van der Waals surface area contributed by atoms with Gasteiger partial charge in [-0.2, -0.15) is 0 Å². The number of rotatable bonds is 3. The molecule has 0 spiro atoms. The Morgan fingerprint density at radius 3 is 2.25 bits per heavy atom. The van der Waals surface area contributed by atoms with E-state index in [1.54, 1.807) is 20.8 Å². The second-order valence-electron chi connectivity index (χ2n) is 6.19. The molecule has 2 rings (SSSR count). The van der Waals surface area contributed by atoms with Gasteiger partial charge in [0.15, 0.2) is 0 Å². The van der Waals surface area contributed by atoms with Crippen LogP contribution in [0.25, 0.3) is 0 Å². The molecule has 0 amide bonds. The van der Waals surface area contributed by atoms with E-state index >= 15 is 0 Å². The molecule has 2 fully saturated rings. The van der Waals surface area contributed by atoms with Crippen LogP contribution in [0.2, 0.25) is 0 Å². The Kier molecular flexibility index (Phi) is 11.8. The maximum atomic E-state index is 10.1. The minimum atomic E-state index is -0.750. The first-order chi connectivity index (χ1) is 8.95. The largest absolute Gasteiger partial charge is 1.00 e. The predicted octanol–water partition coefficient (Wildman–Crippen LogP) is -3.58. The third-order valence-electron chi connectivity index (χ3n) is 2.98. The van der Waals surface area contributed by atoms with Gasteiger partial charge >= 0.3 is 29.6 Å². The Morgan fingerprint density at radius 2 is 1.75 bits per heavy atom. The fourth-order valence-electron chi connectivity index (χ4n) is 2.07. The minimum absolute atomic E-state index is 0. The van der Waals surface area contributed by atoms with Gasteiger partial charge in [0.1, 0.15) is 0 Å². The molecule has 0 aromatic carbocycles. The molecule has 0 radical (unpaired) electrons.